The zero-order valence-corrected chi connectivity index (χ0v) is 15.7. The molecule has 3 heteroatoms. The van der Waals surface area contributed by atoms with E-state index < -0.39 is 0 Å². The Bertz CT molecular complexity index is 749. The number of benzene rings is 2. The minimum absolute atomic E-state index is 0.382. The fourth-order valence-electron chi connectivity index (χ4n) is 3.17. The largest absolute Gasteiger partial charge is 0.385 e. The summed E-state index contributed by atoms with van der Waals surface area (Å²) in [5.74, 6) is 0. The first-order valence-corrected chi connectivity index (χ1v) is 9.74. The predicted molar refractivity (Wildman–Crippen MR) is 111 cm³/mol. The van der Waals surface area contributed by atoms with Gasteiger partial charge in [-0.2, -0.15) is 0 Å². The van der Waals surface area contributed by atoms with Gasteiger partial charge in [0.15, 0.2) is 0 Å². The summed E-state index contributed by atoms with van der Waals surface area (Å²) in [6, 6.07) is 17.6. The molecule has 2 aromatic carbocycles. The van der Waals surface area contributed by atoms with Crippen LogP contribution < -0.4 is 10.6 Å². The summed E-state index contributed by atoms with van der Waals surface area (Å²) >= 11 is 1.79. The smallest absolute Gasteiger partial charge is 0.0656 e. The summed E-state index contributed by atoms with van der Waals surface area (Å²) in [6.07, 6.45) is 3.13. The van der Waals surface area contributed by atoms with Crippen molar-refractivity contribution in [1.29, 1.82) is 0 Å². The summed E-state index contributed by atoms with van der Waals surface area (Å²) in [5.41, 5.74) is 6.50. The van der Waals surface area contributed by atoms with Crippen LogP contribution in [0.2, 0.25) is 0 Å². The van der Waals surface area contributed by atoms with Crippen LogP contribution in [0, 0.1) is 0 Å². The fraction of sp³-hybridized carbons (Fsp3) is 0.273. The molecule has 0 aromatic heterocycles. The lowest BCUT2D eigenvalue weighted by Gasteiger charge is -2.14. The molecule has 0 radical (unpaired) electrons. The van der Waals surface area contributed by atoms with Crippen molar-refractivity contribution in [2.45, 2.75) is 31.4 Å². The van der Waals surface area contributed by atoms with Crippen molar-refractivity contribution in [3.63, 3.8) is 0 Å². The van der Waals surface area contributed by atoms with Gasteiger partial charge in [0, 0.05) is 17.9 Å². The molecule has 2 aromatic rings. The molecule has 0 amide bonds. The Morgan fingerprint density at radius 1 is 1.00 bits per heavy atom. The lowest BCUT2D eigenvalue weighted by Crippen LogP contribution is -2.12. The van der Waals surface area contributed by atoms with Gasteiger partial charge < -0.3 is 10.6 Å². The molecule has 0 bridgehead atoms. The topological polar surface area (TPSA) is 24.1 Å². The quantitative estimate of drug-likeness (QED) is 0.723. The number of thioether (sulfide) groups is 1. The lowest BCUT2D eigenvalue weighted by molar-refractivity contribution is 0.878. The number of anilines is 1. The Labute approximate surface area is 155 Å². The molecule has 1 aliphatic heterocycles. The van der Waals surface area contributed by atoms with E-state index in [-0.39, 0.29) is 0 Å². The molecule has 3 rings (SSSR count). The number of rotatable bonds is 7. The first kappa shape index (κ1) is 17.7. The van der Waals surface area contributed by atoms with Crippen molar-refractivity contribution in [2.24, 2.45) is 0 Å². The van der Waals surface area contributed by atoms with Crippen LogP contribution in [0.25, 0.3) is 0 Å². The van der Waals surface area contributed by atoms with Crippen LogP contribution in [0.15, 0.2) is 72.4 Å². The van der Waals surface area contributed by atoms with Gasteiger partial charge in [-0.05, 0) is 55.0 Å². The van der Waals surface area contributed by atoms with Gasteiger partial charge in [0.05, 0.1) is 10.3 Å². The molecule has 1 aliphatic rings. The third-order valence-corrected chi connectivity index (χ3v) is 5.64. The summed E-state index contributed by atoms with van der Waals surface area (Å²) in [6.45, 7) is 11.2. The zero-order valence-electron chi connectivity index (χ0n) is 14.8. The monoisotopic (exact) mass is 350 g/mol. The van der Waals surface area contributed by atoms with Crippen LogP contribution in [0.1, 0.15) is 23.6 Å². The molecule has 0 saturated carbocycles. The van der Waals surface area contributed by atoms with Crippen LogP contribution in [0.4, 0.5) is 5.69 Å². The van der Waals surface area contributed by atoms with Gasteiger partial charge in [0.1, 0.15) is 0 Å². The summed E-state index contributed by atoms with van der Waals surface area (Å²) in [7, 11) is 0. The van der Waals surface area contributed by atoms with Gasteiger partial charge in [-0.25, -0.2) is 0 Å². The third-order valence-electron chi connectivity index (χ3n) is 4.51. The van der Waals surface area contributed by atoms with Crippen molar-refractivity contribution >= 4 is 17.4 Å². The predicted octanol–water partition coefficient (Wildman–Crippen LogP) is 5.14. The normalized spacial score (nSPS) is 16.8. The summed E-state index contributed by atoms with van der Waals surface area (Å²) in [4.78, 5) is 0. The first-order valence-electron chi connectivity index (χ1n) is 8.86. The highest BCUT2D eigenvalue weighted by Crippen LogP contribution is 2.33. The zero-order chi connectivity index (χ0) is 17.6. The maximum atomic E-state index is 4.13. The van der Waals surface area contributed by atoms with E-state index in [4.69, 9.17) is 0 Å². The Hall–Kier alpha value is -2.13. The maximum absolute atomic E-state index is 4.13. The molecular weight excluding hydrogens is 324 g/mol. The Morgan fingerprint density at radius 2 is 1.72 bits per heavy atom. The highest BCUT2D eigenvalue weighted by atomic mass is 32.2. The number of aryl methyl sites for hydroxylation is 2. The molecular formula is C22H26N2S. The molecule has 1 saturated heterocycles. The molecule has 25 heavy (non-hydrogen) atoms. The number of nitrogens with one attached hydrogen (secondary N) is 2. The van der Waals surface area contributed by atoms with Gasteiger partial charge in [-0.1, -0.05) is 61.3 Å². The van der Waals surface area contributed by atoms with E-state index in [1.54, 1.807) is 11.8 Å². The van der Waals surface area contributed by atoms with Crippen molar-refractivity contribution < 1.29 is 0 Å². The van der Waals surface area contributed by atoms with Gasteiger partial charge in [0.2, 0.25) is 0 Å². The van der Waals surface area contributed by atoms with E-state index in [1.165, 1.54) is 22.4 Å². The highest BCUT2D eigenvalue weighted by Gasteiger charge is 2.23. The van der Waals surface area contributed by atoms with E-state index in [9.17, 15) is 0 Å². The lowest BCUT2D eigenvalue weighted by atomic mass is 9.96. The molecule has 2 nitrogen and oxygen atoms in total. The highest BCUT2D eigenvalue weighted by molar-refractivity contribution is 8.04. The van der Waals surface area contributed by atoms with Gasteiger partial charge >= 0.3 is 0 Å². The standard InChI is InChI=1S/C22H26N2S/c1-4-23-21-13-10-18(11-14-21)9-12-19-7-5-6-8-20(19)15-22-16(2)24-17(3)25-22/h5-8,10-11,13-14,22-24H,2-4,9,12,15H2,1H3. The van der Waals surface area contributed by atoms with Crippen LogP contribution in [-0.2, 0) is 19.3 Å². The second-order valence-electron chi connectivity index (χ2n) is 6.38. The fourth-order valence-corrected chi connectivity index (χ4v) is 4.17. The van der Waals surface area contributed by atoms with E-state index in [1.807, 2.05) is 0 Å². The second-order valence-corrected chi connectivity index (χ2v) is 7.68. The third kappa shape index (κ3) is 4.70. The van der Waals surface area contributed by atoms with Crippen LogP contribution in [-0.4, -0.2) is 11.8 Å². The molecule has 1 fully saturated rings. The Kier molecular flexibility index (Phi) is 5.87. The van der Waals surface area contributed by atoms with Crippen molar-refractivity contribution in [1.82, 2.24) is 5.32 Å². The molecule has 0 aliphatic carbocycles. The van der Waals surface area contributed by atoms with Crippen molar-refractivity contribution in [3.05, 3.63) is 89.1 Å². The van der Waals surface area contributed by atoms with Gasteiger partial charge in [0.25, 0.3) is 0 Å². The molecule has 0 spiro atoms. The number of hydrogen-bond donors (Lipinski definition) is 2. The van der Waals surface area contributed by atoms with Crippen LogP contribution in [0.3, 0.4) is 0 Å². The average Bonchev–Trinajstić information content (AvgIpc) is 2.93. The van der Waals surface area contributed by atoms with Crippen molar-refractivity contribution in [3.8, 4) is 0 Å². The molecule has 1 heterocycles. The van der Waals surface area contributed by atoms with E-state index in [0.717, 1.165) is 36.5 Å². The van der Waals surface area contributed by atoms with Gasteiger partial charge in [-0.3, -0.25) is 0 Å². The molecule has 130 valence electrons. The Morgan fingerprint density at radius 3 is 2.36 bits per heavy atom. The van der Waals surface area contributed by atoms with E-state index >= 15 is 0 Å². The van der Waals surface area contributed by atoms with E-state index in [0.29, 0.717) is 5.25 Å². The number of hydrogen-bond acceptors (Lipinski definition) is 3. The SMILES string of the molecule is C=C1NC(=C)C(Cc2ccccc2CCc2ccc(NCC)cc2)S1. The van der Waals surface area contributed by atoms with E-state index in [2.05, 4.69) is 79.2 Å². The molecule has 1 atom stereocenters. The van der Waals surface area contributed by atoms with Gasteiger partial charge in [-0.15, -0.1) is 0 Å². The minimum Gasteiger partial charge on any atom is -0.385 e. The maximum Gasteiger partial charge on any atom is 0.0656 e. The van der Waals surface area contributed by atoms with Crippen LogP contribution >= 0.6 is 11.8 Å². The first-order chi connectivity index (χ1) is 12.2. The minimum atomic E-state index is 0.382. The average molecular weight is 351 g/mol. The Balaban J connectivity index is 1.64. The van der Waals surface area contributed by atoms with Crippen molar-refractivity contribution in [2.75, 3.05) is 11.9 Å². The molecule has 1 unspecified atom stereocenters. The summed E-state index contributed by atoms with van der Waals surface area (Å²) < 4.78 is 0. The second kappa shape index (κ2) is 8.30. The summed E-state index contributed by atoms with van der Waals surface area (Å²) in [5, 5.41) is 7.98. The van der Waals surface area contributed by atoms with Crippen LogP contribution in [0.5, 0.6) is 0 Å². The molecule has 2 N–H and O–H groups in total.